The molecule has 0 bridgehead atoms. The number of nitrogens with zero attached hydrogens (tertiary/aromatic N) is 1. The number of Topliss-reactive ketones (excluding diaryl/α,β-unsaturated/α-hetero) is 1. The number of rotatable bonds is 5. The summed E-state index contributed by atoms with van der Waals surface area (Å²) in [7, 11) is 0. The van der Waals surface area contributed by atoms with Crippen LogP contribution in [0.5, 0.6) is 11.5 Å². The molecule has 9 heteroatoms. The van der Waals surface area contributed by atoms with Crippen LogP contribution in [0.4, 0.5) is 18.9 Å². The molecular formula is C26H20F3NO5. The topological polar surface area (TPSA) is 87.1 Å². The summed E-state index contributed by atoms with van der Waals surface area (Å²) in [5.41, 5.74) is -0.910. The van der Waals surface area contributed by atoms with E-state index in [-0.39, 0.29) is 22.6 Å². The Hall–Kier alpha value is -4.27. The van der Waals surface area contributed by atoms with Crippen molar-refractivity contribution in [2.24, 2.45) is 0 Å². The summed E-state index contributed by atoms with van der Waals surface area (Å²) in [6.45, 7) is 2.23. The van der Waals surface area contributed by atoms with Crippen molar-refractivity contribution in [3.05, 3.63) is 95.1 Å². The van der Waals surface area contributed by atoms with Gasteiger partial charge in [-0.2, -0.15) is 13.2 Å². The largest absolute Gasteiger partial charge is 0.508 e. The van der Waals surface area contributed by atoms with Gasteiger partial charge in [-0.05, 0) is 67.1 Å². The molecule has 180 valence electrons. The first kappa shape index (κ1) is 23.9. The summed E-state index contributed by atoms with van der Waals surface area (Å²) >= 11 is 0. The Labute approximate surface area is 198 Å². The molecule has 1 aliphatic rings. The zero-order valence-electron chi connectivity index (χ0n) is 18.4. The van der Waals surface area contributed by atoms with E-state index in [1.807, 2.05) is 0 Å². The second kappa shape index (κ2) is 9.17. The Balaban J connectivity index is 1.90. The molecule has 3 aromatic carbocycles. The number of carbonyl (C=O) groups is 2. The van der Waals surface area contributed by atoms with E-state index in [1.54, 1.807) is 19.1 Å². The molecule has 1 atom stereocenters. The fourth-order valence-electron chi connectivity index (χ4n) is 3.93. The second-order valence-corrected chi connectivity index (χ2v) is 7.77. The summed E-state index contributed by atoms with van der Waals surface area (Å²) in [5.74, 6) is -2.18. The summed E-state index contributed by atoms with van der Waals surface area (Å²) < 4.78 is 45.4. The number of hydrogen-bond donors (Lipinski definition) is 2. The number of anilines is 1. The van der Waals surface area contributed by atoms with Gasteiger partial charge in [0.2, 0.25) is 0 Å². The van der Waals surface area contributed by atoms with Gasteiger partial charge in [0, 0.05) is 11.3 Å². The number of amides is 1. The molecule has 0 spiro atoms. The van der Waals surface area contributed by atoms with E-state index >= 15 is 0 Å². The van der Waals surface area contributed by atoms with Crippen LogP contribution in [0.3, 0.4) is 0 Å². The summed E-state index contributed by atoms with van der Waals surface area (Å²) in [5, 5.41) is 20.8. The van der Waals surface area contributed by atoms with Crippen molar-refractivity contribution >= 4 is 23.1 Å². The number of alkyl halides is 3. The van der Waals surface area contributed by atoms with Crippen LogP contribution in [0.2, 0.25) is 0 Å². The van der Waals surface area contributed by atoms with Crippen LogP contribution in [0, 0.1) is 0 Å². The van der Waals surface area contributed by atoms with Crippen molar-refractivity contribution in [1.82, 2.24) is 0 Å². The zero-order chi connectivity index (χ0) is 25.3. The predicted octanol–water partition coefficient (Wildman–Crippen LogP) is 5.44. The number of benzene rings is 3. The van der Waals surface area contributed by atoms with Gasteiger partial charge in [-0.1, -0.05) is 18.2 Å². The van der Waals surface area contributed by atoms with E-state index in [9.17, 15) is 33.0 Å². The Morgan fingerprint density at radius 3 is 2.26 bits per heavy atom. The molecule has 6 nitrogen and oxygen atoms in total. The van der Waals surface area contributed by atoms with E-state index in [0.717, 1.165) is 23.1 Å². The van der Waals surface area contributed by atoms with Gasteiger partial charge >= 0.3 is 6.18 Å². The summed E-state index contributed by atoms with van der Waals surface area (Å²) in [4.78, 5) is 27.1. The highest BCUT2D eigenvalue weighted by Crippen LogP contribution is 2.43. The Morgan fingerprint density at radius 1 is 1.00 bits per heavy atom. The van der Waals surface area contributed by atoms with Crippen molar-refractivity contribution in [3.8, 4) is 11.5 Å². The Kier molecular flexibility index (Phi) is 6.26. The molecule has 1 fully saturated rings. The fraction of sp³-hybridized carbons (Fsp3) is 0.154. The molecule has 0 saturated carbocycles. The average molecular weight is 483 g/mol. The van der Waals surface area contributed by atoms with Gasteiger partial charge in [-0.15, -0.1) is 0 Å². The zero-order valence-corrected chi connectivity index (χ0v) is 18.4. The molecule has 1 amide bonds. The van der Waals surface area contributed by atoms with E-state index in [4.69, 9.17) is 4.74 Å². The van der Waals surface area contributed by atoms with Crippen LogP contribution >= 0.6 is 0 Å². The third-order valence-electron chi connectivity index (χ3n) is 5.54. The molecule has 4 rings (SSSR count). The van der Waals surface area contributed by atoms with Gasteiger partial charge in [0.25, 0.3) is 11.7 Å². The van der Waals surface area contributed by atoms with E-state index in [1.165, 1.54) is 42.5 Å². The first-order valence-corrected chi connectivity index (χ1v) is 10.6. The van der Waals surface area contributed by atoms with E-state index in [0.29, 0.717) is 17.9 Å². The molecule has 3 aromatic rings. The molecule has 1 aliphatic heterocycles. The number of ketones is 1. The highest BCUT2D eigenvalue weighted by atomic mass is 19.4. The van der Waals surface area contributed by atoms with Crippen molar-refractivity contribution in [1.29, 1.82) is 0 Å². The molecule has 1 heterocycles. The van der Waals surface area contributed by atoms with Crippen molar-refractivity contribution in [3.63, 3.8) is 0 Å². The molecular weight excluding hydrogens is 463 g/mol. The van der Waals surface area contributed by atoms with Crippen LogP contribution in [-0.4, -0.2) is 28.5 Å². The highest BCUT2D eigenvalue weighted by molar-refractivity contribution is 6.51. The maximum atomic E-state index is 13.3. The smallest absolute Gasteiger partial charge is 0.416 e. The van der Waals surface area contributed by atoms with Crippen LogP contribution in [0.25, 0.3) is 5.76 Å². The lowest BCUT2D eigenvalue weighted by Gasteiger charge is -2.26. The molecule has 1 saturated heterocycles. The number of aromatic hydroxyl groups is 1. The van der Waals surface area contributed by atoms with Crippen molar-refractivity contribution < 1.29 is 37.7 Å². The SMILES string of the molecule is CCOc1ccc(/C(O)=C2\C(=O)C(=O)N(c3cccc(C(F)(F)F)c3)C2c2ccc(O)cc2)cc1. The minimum Gasteiger partial charge on any atom is -0.508 e. The minimum absolute atomic E-state index is 0.0868. The second-order valence-electron chi connectivity index (χ2n) is 7.77. The third kappa shape index (κ3) is 4.57. The summed E-state index contributed by atoms with van der Waals surface area (Å²) in [6.07, 6.45) is -4.67. The van der Waals surface area contributed by atoms with Gasteiger partial charge in [0.05, 0.1) is 23.8 Å². The van der Waals surface area contributed by atoms with Gasteiger partial charge in [-0.3, -0.25) is 14.5 Å². The minimum atomic E-state index is -4.67. The van der Waals surface area contributed by atoms with Crippen LogP contribution in [-0.2, 0) is 15.8 Å². The van der Waals surface area contributed by atoms with Crippen LogP contribution in [0.15, 0.2) is 78.4 Å². The molecule has 0 aromatic heterocycles. The standard InChI is InChI=1S/C26H20F3NO5/c1-2-35-20-12-8-16(9-13-20)23(32)21-22(15-6-10-19(31)11-7-15)30(25(34)24(21)33)18-5-3-4-17(14-18)26(27,28)29/h3-14,22,31-32H,2H2,1H3/b23-21+. The van der Waals surface area contributed by atoms with Crippen LogP contribution in [0.1, 0.15) is 29.7 Å². The lowest BCUT2D eigenvalue weighted by atomic mass is 9.95. The number of ether oxygens (including phenoxy) is 1. The first-order valence-electron chi connectivity index (χ1n) is 10.6. The highest BCUT2D eigenvalue weighted by Gasteiger charge is 2.47. The normalized spacial score (nSPS) is 17.6. The molecule has 0 radical (unpaired) electrons. The fourth-order valence-corrected chi connectivity index (χ4v) is 3.93. The number of carbonyl (C=O) groups excluding carboxylic acids is 2. The lowest BCUT2D eigenvalue weighted by Crippen LogP contribution is -2.29. The number of phenols is 1. The number of aliphatic hydroxyl groups excluding tert-OH is 1. The van der Waals surface area contributed by atoms with Gasteiger partial charge in [0.1, 0.15) is 17.3 Å². The molecule has 35 heavy (non-hydrogen) atoms. The Bertz CT molecular complexity index is 1300. The number of aliphatic hydroxyl groups is 1. The number of hydrogen-bond acceptors (Lipinski definition) is 5. The predicted molar refractivity (Wildman–Crippen MR) is 122 cm³/mol. The maximum Gasteiger partial charge on any atom is 0.416 e. The van der Waals surface area contributed by atoms with Gasteiger partial charge in [-0.25, -0.2) is 0 Å². The average Bonchev–Trinajstić information content (AvgIpc) is 3.10. The Morgan fingerprint density at radius 2 is 1.66 bits per heavy atom. The molecule has 0 aliphatic carbocycles. The maximum absolute atomic E-state index is 13.3. The molecule has 2 N–H and O–H groups in total. The number of phenolic OH excluding ortho intramolecular Hbond substituents is 1. The van der Waals surface area contributed by atoms with Crippen molar-refractivity contribution in [2.75, 3.05) is 11.5 Å². The first-order chi connectivity index (χ1) is 16.6. The van der Waals surface area contributed by atoms with E-state index in [2.05, 4.69) is 0 Å². The van der Waals surface area contributed by atoms with Crippen LogP contribution < -0.4 is 9.64 Å². The monoisotopic (exact) mass is 483 g/mol. The van der Waals surface area contributed by atoms with Crippen molar-refractivity contribution in [2.45, 2.75) is 19.1 Å². The van der Waals surface area contributed by atoms with Gasteiger partial charge in [0.15, 0.2) is 0 Å². The third-order valence-corrected chi connectivity index (χ3v) is 5.54. The van der Waals surface area contributed by atoms with Gasteiger partial charge < -0.3 is 14.9 Å². The lowest BCUT2D eigenvalue weighted by molar-refractivity contribution is -0.137. The molecule has 1 unspecified atom stereocenters. The van der Waals surface area contributed by atoms with E-state index < -0.39 is 35.2 Å². The number of halogens is 3. The quantitative estimate of drug-likeness (QED) is 0.287. The summed E-state index contributed by atoms with van der Waals surface area (Å²) in [6, 6.07) is 14.5.